The molecule has 0 bridgehead atoms. The Bertz CT molecular complexity index is 169. The van der Waals surface area contributed by atoms with Gasteiger partial charge in [-0.05, 0) is 24.8 Å². The van der Waals surface area contributed by atoms with Crippen molar-refractivity contribution in [1.29, 1.82) is 0 Å². The van der Waals surface area contributed by atoms with Gasteiger partial charge in [0.1, 0.15) is 0 Å². The summed E-state index contributed by atoms with van der Waals surface area (Å²) in [5.74, 6) is 0. The molecule has 0 N–H and O–H groups in total. The molecular formula is C6H8S. The van der Waals surface area contributed by atoms with E-state index in [0.717, 1.165) is 0 Å². The second kappa shape index (κ2) is 1.69. The molecule has 1 heteroatoms. The molecule has 0 aromatic rings. The van der Waals surface area contributed by atoms with Gasteiger partial charge in [0.25, 0.3) is 0 Å². The first-order valence-corrected chi connectivity index (χ1v) is 3.23. The lowest BCUT2D eigenvalue weighted by Gasteiger charge is -1.85. The van der Waals surface area contributed by atoms with Gasteiger partial charge in [0.2, 0.25) is 0 Å². The van der Waals surface area contributed by atoms with Crippen molar-refractivity contribution in [2.75, 3.05) is 0 Å². The fraction of sp³-hybridized carbons (Fsp3) is 0.333. The molecule has 0 atom stereocenters. The summed E-state index contributed by atoms with van der Waals surface area (Å²) in [5.41, 5.74) is 2.68. The molecule has 1 rings (SSSR count). The molecule has 0 aromatic carbocycles. The normalized spacial score (nSPS) is 18.0. The monoisotopic (exact) mass is 112 g/mol. The highest BCUT2D eigenvalue weighted by Crippen LogP contribution is 2.12. The quantitative estimate of drug-likeness (QED) is 0.358. The lowest BCUT2D eigenvalue weighted by atomic mass is 10.2. The van der Waals surface area contributed by atoms with Crippen molar-refractivity contribution in [2.45, 2.75) is 13.8 Å². The van der Waals surface area contributed by atoms with Crippen LogP contribution in [0.5, 0.6) is 0 Å². The minimum atomic E-state index is 1.23. The third kappa shape index (κ3) is 0.846. The van der Waals surface area contributed by atoms with Crippen molar-refractivity contribution in [3.63, 3.8) is 0 Å². The van der Waals surface area contributed by atoms with Crippen LogP contribution >= 0.6 is 11.4 Å². The van der Waals surface area contributed by atoms with Gasteiger partial charge in [-0.2, -0.15) is 0 Å². The van der Waals surface area contributed by atoms with Crippen LogP contribution in [-0.2, 0) is 0 Å². The number of rotatable bonds is 0. The first-order chi connectivity index (χ1) is 3.30. The molecule has 1 aliphatic heterocycles. The van der Waals surface area contributed by atoms with Crippen LogP contribution in [0.1, 0.15) is 13.8 Å². The van der Waals surface area contributed by atoms with E-state index >= 15 is 0 Å². The third-order valence-electron chi connectivity index (χ3n) is 1.08. The molecule has 0 saturated heterocycles. The lowest BCUT2D eigenvalue weighted by molar-refractivity contribution is 1.41. The van der Waals surface area contributed by atoms with Crippen LogP contribution in [0.25, 0.3) is 0 Å². The fourth-order valence-electron chi connectivity index (χ4n) is 0.411. The third-order valence-corrected chi connectivity index (χ3v) is 2.06. The zero-order chi connectivity index (χ0) is 5.28. The van der Waals surface area contributed by atoms with Gasteiger partial charge < -0.3 is 0 Å². The van der Waals surface area contributed by atoms with Crippen molar-refractivity contribution >= 4 is 16.4 Å². The van der Waals surface area contributed by atoms with Gasteiger partial charge >= 0.3 is 0 Å². The van der Waals surface area contributed by atoms with E-state index in [1.165, 1.54) is 22.5 Å². The Balaban J connectivity index is 2.97. The van der Waals surface area contributed by atoms with Gasteiger partial charge in [-0.25, -0.2) is 0 Å². The summed E-state index contributed by atoms with van der Waals surface area (Å²) in [6, 6.07) is 0. The number of allylic oxidation sites excluding steroid dienone is 2. The minimum Gasteiger partial charge on any atom is -0.133 e. The van der Waals surface area contributed by atoms with E-state index in [4.69, 9.17) is 0 Å². The lowest BCUT2D eigenvalue weighted by Crippen LogP contribution is -1.70. The Morgan fingerprint density at radius 1 is 1.57 bits per heavy atom. The van der Waals surface area contributed by atoms with Gasteiger partial charge in [-0.15, -0.1) is 11.4 Å². The Hall–Kier alpha value is -0.260. The predicted octanol–water partition coefficient (Wildman–Crippen LogP) is 1.72. The van der Waals surface area contributed by atoms with Gasteiger partial charge in [0.15, 0.2) is 0 Å². The SMILES string of the molecule is CC1=C=[SH]C=C1C. The summed E-state index contributed by atoms with van der Waals surface area (Å²) in [4.78, 5) is 0. The van der Waals surface area contributed by atoms with Crippen molar-refractivity contribution in [3.05, 3.63) is 16.6 Å². The molecule has 0 spiro atoms. The van der Waals surface area contributed by atoms with Crippen LogP contribution in [0.3, 0.4) is 0 Å². The maximum atomic E-state index is 3.17. The predicted molar refractivity (Wildman–Crippen MR) is 36.9 cm³/mol. The number of thiol groups is 1. The highest BCUT2D eigenvalue weighted by Gasteiger charge is 1.91. The molecule has 0 fully saturated rings. The summed E-state index contributed by atoms with van der Waals surface area (Å²) < 4.78 is 0. The second-order valence-corrected chi connectivity index (χ2v) is 2.42. The average Bonchev–Trinajstić information content (AvgIpc) is 1.91. The fourth-order valence-corrected chi connectivity index (χ4v) is 1.23. The summed E-state index contributed by atoms with van der Waals surface area (Å²) >= 11 is 1.23. The molecule has 1 aliphatic rings. The standard InChI is InChI=1S/C6H8S/c1-5-3-7-4-6(5)2/h3,7H,1-2H3. The van der Waals surface area contributed by atoms with E-state index in [2.05, 4.69) is 24.3 Å². The molecule has 0 aromatic heterocycles. The molecule has 0 aliphatic carbocycles. The largest absolute Gasteiger partial charge is 0.133 e. The van der Waals surface area contributed by atoms with Crippen molar-refractivity contribution in [3.8, 4) is 0 Å². The molecule has 7 heavy (non-hydrogen) atoms. The van der Waals surface area contributed by atoms with Crippen LogP contribution < -0.4 is 0 Å². The molecule has 1 heterocycles. The topological polar surface area (TPSA) is 0 Å². The van der Waals surface area contributed by atoms with E-state index in [9.17, 15) is 0 Å². The second-order valence-electron chi connectivity index (χ2n) is 1.68. The molecular weight excluding hydrogens is 104 g/mol. The Kier molecular flexibility index (Phi) is 1.18. The highest BCUT2D eigenvalue weighted by atomic mass is 32.1. The van der Waals surface area contributed by atoms with Crippen molar-refractivity contribution in [1.82, 2.24) is 0 Å². The van der Waals surface area contributed by atoms with Gasteiger partial charge in [-0.3, -0.25) is 0 Å². The van der Waals surface area contributed by atoms with Crippen molar-refractivity contribution in [2.24, 2.45) is 0 Å². The summed E-state index contributed by atoms with van der Waals surface area (Å²) in [6.45, 7) is 4.20. The zero-order valence-corrected chi connectivity index (χ0v) is 5.42. The molecule has 0 amide bonds. The number of hydrogen-bond donors (Lipinski definition) is 1. The maximum Gasteiger partial charge on any atom is 0.000472 e. The summed E-state index contributed by atoms with van der Waals surface area (Å²) in [7, 11) is 0. The van der Waals surface area contributed by atoms with Gasteiger partial charge in [-0.1, -0.05) is 5.02 Å². The van der Waals surface area contributed by atoms with Crippen molar-refractivity contribution < 1.29 is 0 Å². The Labute approximate surface area is 47.5 Å². The van der Waals surface area contributed by atoms with E-state index in [0.29, 0.717) is 0 Å². The Morgan fingerprint density at radius 2 is 2.29 bits per heavy atom. The van der Waals surface area contributed by atoms with Gasteiger partial charge in [0, 0.05) is 5.57 Å². The highest BCUT2D eigenvalue weighted by molar-refractivity contribution is 8.00. The first-order valence-electron chi connectivity index (χ1n) is 2.27. The van der Waals surface area contributed by atoms with Crippen LogP contribution in [0.4, 0.5) is 0 Å². The number of hydrogen-bond acceptors (Lipinski definition) is 0. The van der Waals surface area contributed by atoms with Crippen LogP contribution in [0.2, 0.25) is 0 Å². The van der Waals surface area contributed by atoms with Crippen LogP contribution in [0.15, 0.2) is 16.6 Å². The average molecular weight is 112 g/mol. The smallest absolute Gasteiger partial charge is 0.000472 e. The van der Waals surface area contributed by atoms with E-state index in [1.54, 1.807) is 0 Å². The summed E-state index contributed by atoms with van der Waals surface area (Å²) in [6.07, 6.45) is 0. The molecule has 0 nitrogen and oxygen atoms in total. The van der Waals surface area contributed by atoms with E-state index in [-0.39, 0.29) is 0 Å². The molecule has 0 unspecified atom stereocenters. The van der Waals surface area contributed by atoms with Gasteiger partial charge in [0.05, 0.1) is 0 Å². The minimum absolute atomic E-state index is 1.23. The van der Waals surface area contributed by atoms with Crippen LogP contribution in [0, 0.1) is 0 Å². The molecule has 0 radical (unpaired) electrons. The van der Waals surface area contributed by atoms with E-state index < -0.39 is 0 Å². The van der Waals surface area contributed by atoms with Crippen LogP contribution in [-0.4, -0.2) is 5.02 Å². The maximum absolute atomic E-state index is 3.17. The first kappa shape index (κ1) is 4.89. The molecule has 38 valence electrons. The summed E-state index contributed by atoms with van der Waals surface area (Å²) in [5, 5.41) is 5.33. The zero-order valence-electron chi connectivity index (χ0n) is 4.52. The molecule has 0 saturated carbocycles. The van der Waals surface area contributed by atoms with E-state index in [1.807, 2.05) is 0 Å². The Morgan fingerprint density at radius 3 is 2.43 bits per heavy atom.